The molecule has 1 aromatic carbocycles. The molecule has 1 aliphatic heterocycles. The highest BCUT2D eigenvalue weighted by Gasteiger charge is 2.29. The zero-order valence-corrected chi connectivity index (χ0v) is 15.5. The summed E-state index contributed by atoms with van der Waals surface area (Å²) in [5.74, 6) is -0.0749. The van der Waals surface area contributed by atoms with Crippen molar-refractivity contribution in [3.63, 3.8) is 0 Å². The lowest BCUT2D eigenvalue weighted by atomic mass is 10.0. The molecule has 1 amide bonds. The number of benzene rings is 1. The summed E-state index contributed by atoms with van der Waals surface area (Å²) in [4.78, 5) is 14.1. The second-order valence-electron chi connectivity index (χ2n) is 6.22. The van der Waals surface area contributed by atoms with Gasteiger partial charge in [0.1, 0.15) is 6.04 Å². The van der Waals surface area contributed by atoms with E-state index in [1.807, 2.05) is 12.1 Å². The van der Waals surface area contributed by atoms with Crippen LogP contribution in [0.15, 0.2) is 28.7 Å². The molecule has 1 heterocycles. The Morgan fingerprint density at radius 3 is 2.88 bits per heavy atom. The summed E-state index contributed by atoms with van der Waals surface area (Å²) < 4.78 is 1.07. The average molecular weight is 393 g/mol. The van der Waals surface area contributed by atoms with Gasteiger partial charge in [-0.25, -0.2) is 0 Å². The van der Waals surface area contributed by atoms with Crippen LogP contribution in [-0.2, 0) is 11.3 Å². The number of halogens is 1. The summed E-state index contributed by atoms with van der Waals surface area (Å²) in [5.41, 5.74) is 7.27. The Labute approximate surface area is 152 Å². The van der Waals surface area contributed by atoms with Crippen LogP contribution in [0.25, 0.3) is 0 Å². The van der Waals surface area contributed by atoms with Gasteiger partial charge in [0, 0.05) is 17.6 Å². The van der Waals surface area contributed by atoms with Gasteiger partial charge in [0.05, 0.1) is 12.1 Å². The topological polar surface area (TPSA) is 82.2 Å². The van der Waals surface area contributed by atoms with Crippen molar-refractivity contribution in [2.75, 3.05) is 13.1 Å². The van der Waals surface area contributed by atoms with Crippen LogP contribution in [0.3, 0.4) is 0 Å². The predicted octanol–water partition coefficient (Wildman–Crippen LogP) is 2.55. The van der Waals surface area contributed by atoms with Gasteiger partial charge >= 0.3 is 0 Å². The molecule has 0 bridgehead atoms. The molecule has 0 radical (unpaired) electrons. The van der Waals surface area contributed by atoms with Crippen molar-refractivity contribution in [2.24, 2.45) is 5.73 Å². The van der Waals surface area contributed by atoms with E-state index in [-0.39, 0.29) is 11.9 Å². The van der Waals surface area contributed by atoms with E-state index in [0.29, 0.717) is 13.0 Å². The summed E-state index contributed by atoms with van der Waals surface area (Å²) >= 11 is 3.42. The second kappa shape index (κ2) is 9.77. The van der Waals surface area contributed by atoms with Gasteiger partial charge < -0.3 is 16.0 Å². The average Bonchev–Trinajstić information content (AvgIpc) is 2.62. The zero-order chi connectivity index (χ0) is 17.4. The summed E-state index contributed by atoms with van der Waals surface area (Å²) in [6.45, 7) is 2.28. The molecule has 0 aliphatic carbocycles. The smallest absolute Gasteiger partial charge is 0.240 e. The molecule has 5 nitrogen and oxygen atoms in total. The normalized spacial score (nSPS) is 18.9. The molecule has 1 saturated heterocycles. The molecule has 2 rings (SSSR count). The summed E-state index contributed by atoms with van der Waals surface area (Å²) in [7, 11) is 0. The molecule has 0 saturated carbocycles. The van der Waals surface area contributed by atoms with Gasteiger partial charge in [-0.1, -0.05) is 28.1 Å². The number of nitrogens with one attached hydrogen (secondary N) is 1. The number of piperidine rings is 1. The van der Waals surface area contributed by atoms with E-state index in [1.54, 1.807) is 4.90 Å². The van der Waals surface area contributed by atoms with Crippen molar-refractivity contribution < 1.29 is 4.79 Å². The van der Waals surface area contributed by atoms with E-state index < -0.39 is 6.04 Å². The lowest BCUT2D eigenvalue weighted by molar-refractivity contribution is -0.135. The highest BCUT2D eigenvalue weighted by molar-refractivity contribution is 9.10. The lowest BCUT2D eigenvalue weighted by Gasteiger charge is -2.33. The number of hydrogen-bond donors (Lipinski definition) is 2. The van der Waals surface area contributed by atoms with Crippen LogP contribution in [0, 0.1) is 11.3 Å². The van der Waals surface area contributed by atoms with Crippen molar-refractivity contribution >= 4 is 21.8 Å². The Bertz CT molecular complexity index is 569. The molecule has 1 fully saturated rings. The molecule has 2 unspecified atom stereocenters. The standard InChI is InChI=1S/C18H25BrN4O/c19-15-8-6-14(7-9-15)13-22-10-3-5-17(21)18(24)23-11-2-1-4-16(23)12-20/h6-9,16-17,22H,1-5,10-11,13,21H2. The Morgan fingerprint density at radius 1 is 1.42 bits per heavy atom. The molecule has 1 aliphatic rings. The molecular formula is C18H25BrN4O. The minimum atomic E-state index is -0.506. The molecule has 3 N–H and O–H groups in total. The highest BCUT2D eigenvalue weighted by atomic mass is 79.9. The highest BCUT2D eigenvalue weighted by Crippen LogP contribution is 2.17. The van der Waals surface area contributed by atoms with Crippen LogP contribution < -0.4 is 11.1 Å². The molecule has 0 aromatic heterocycles. The van der Waals surface area contributed by atoms with Gasteiger partial charge in [0.15, 0.2) is 0 Å². The number of nitriles is 1. The molecule has 1 aromatic rings. The van der Waals surface area contributed by atoms with E-state index >= 15 is 0 Å². The maximum absolute atomic E-state index is 12.4. The van der Waals surface area contributed by atoms with Crippen molar-refractivity contribution in [3.8, 4) is 6.07 Å². The van der Waals surface area contributed by atoms with Crippen molar-refractivity contribution in [2.45, 2.75) is 50.7 Å². The summed E-state index contributed by atoms with van der Waals surface area (Å²) in [6, 6.07) is 9.61. The number of carbonyl (C=O) groups is 1. The Hall–Kier alpha value is -1.42. The first-order valence-corrected chi connectivity index (χ1v) is 9.32. The van der Waals surface area contributed by atoms with Crippen LogP contribution in [0.1, 0.15) is 37.7 Å². The van der Waals surface area contributed by atoms with Gasteiger partial charge in [-0.15, -0.1) is 0 Å². The minimum Gasteiger partial charge on any atom is -0.325 e. The Kier molecular flexibility index (Phi) is 7.70. The zero-order valence-electron chi connectivity index (χ0n) is 13.9. The van der Waals surface area contributed by atoms with E-state index in [4.69, 9.17) is 11.0 Å². The van der Waals surface area contributed by atoms with Crippen molar-refractivity contribution in [3.05, 3.63) is 34.3 Å². The predicted molar refractivity (Wildman–Crippen MR) is 98.0 cm³/mol. The van der Waals surface area contributed by atoms with Crippen LogP contribution in [0.5, 0.6) is 0 Å². The second-order valence-corrected chi connectivity index (χ2v) is 7.14. The third-order valence-electron chi connectivity index (χ3n) is 4.36. The van der Waals surface area contributed by atoms with E-state index in [2.05, 4.69) is 39.4 Å². The molecule has 130 valence electrons. The fourth-order valence-corrected chi connectivity index (χ4v) is 3.21. The number of carbonyl (C=O) groups excluding carboxylic acids is 1. The van der Waals surface area contributed by atoms with Crippen LogP contribution in [-0.4, -0.2) is 36.0 Å². The fraction of sp³-hybridized carbons (Fsp3) is 0.556. The molecule has 2 atom stereocenters. The first kappa shape index (κ1) is 18.9. The summed E-state index contributed by atoms with van der Waals surface area (Å²) in [5, 5.41) is 12.5. The monoisotopic (exact) mass is 392 g/mol. The number of hydrogen-bond acceptors (Lipinski definition) is 4. The van der Waals surface area contributed by atoms with Crippen LogP contribution in [0.2, 0.25) is 0 Å². The number of likely N-dealkylation sites (tertiary alicyclic amines) is 1. The number of nitrogens with zero attached hydrogens (tertiary/aromatic N) is 2. The number of rotatable bonds is 7. The quantitative estimate of drug-likeness (QED) is 0.698. The van der Waals surface area contributed by atoms with Gasteiger partial charge in [0.2, 0.25) is 5.91 Å². The fourth-order valence-electron chi connectivity index (χ4n) is 2.95. The largest absolute Gasteiger partial charge is 0.325 e. The molecule has 6 heteroatoms. The van der Waals surface area contributed by atoms with Crippen molar-refractivity contribution in [1.29, 1.82) is 5.26 Å². The summed E-state index contributed by atoms with van der Waals surface area (Å²) in [6.07, 6.45) is 4.22. The van der Waals surface area contributed by atoms with E-state index in [9.17, 15) is 4.79 Å². The minimum absolute atomic E-state index is 0.0749. The molecule has 0 spiro atoms. The third kappa shape index (κ3) is 5.59. The Morgan fingerprint density at radius 2 is 2.17 bits per heavy atom. The number of nitrogens with two attached hydrogens (primary N) is 1. The first-order valence-electron chi connectivity index (χ1n) is 8.52. The Balaban J connectivity index is 1.67. The van der Waals surface area contributed by atoms with E-state index in [1.165, 1.54) is 5.56 Å². The first-order chi connectivity index (χ1) is 11.6. The van der Waals surface area contributed by atoms with Gasteiger partial charge in [0.25, 0.3) is 0 Å². The maximum atomic E-state index is 12.4. The van der Waals surface area contributed by atoms with E-state index in [0.717, 1.165) is 43.2 Å². The third-order valence-corrected chi connectivity index (χ3v) is 4.89. The van der Waals surface area contributed by atoms with Gasteiger partial charge in [-0.3, -0.25) is 4.79 Å². The van der Waals surface area contributed by atoms with Gasteiger partial charge in [-0.2, -0.15) is 5.26 Å². The van der Waals surface area contributed by atoms with Crippen LogP contribution in [0.4, 0.5) is 0 Å². The number of amides is 1. The maximum Gasteiger partial charge on any atom is 0.240 e. The van der Waals surface area contributed by atoms with Gasteiger partial charge in [-0.05, 0) is 56.3 Å². The van der Waals surface area contributed by atoms with Crippen molar-refractivity contribution in [1.82, 2.24) is 10.2 Å². The van der Waals surface area contributed by atoms with Crippen LogP contribution >= 0.6 is 15.9 Å². The molecule has 24 heavy (non-hydrogen) atoms. The SMILES string of the molecule is N#CC1CCCCN1C(=O)C(N)CCCNCc1ccc(Br)cc1. The lowest BCUT2D eigenvalue weighted by Crippen LogP contribution is -2.50. The molecular weight excluding hydrogens is 368 g/mol.